The van der Waals surface area contributed by atoms with Crippen LogP contribution >= 0.6 is 0 Å². The highest BCUT2D eigenvalue weighted by molar-refractivity contribution is 7.89. The van der Waals surface area contributed by atoms with E-state index in [1.165, 1.54) is 16.4 Å². The zero-order valence-corrected chi connectivity index (χ0v) is 19.8. The minimum Gasteiger partial charge on any atom is -0.406 e. The molecule has 3 rings (SSSR count). The highest BCUT2D eigenvalue weighted by Gasteiger charge is 2.34. The number of sulfonamides is 1. The van der Waals surface area contributed by atoms with E-state index < -0.39 is 22.1 Å². The van der Waals surface area contributed by atoms with Crippen LogP contribution < -0.4 is 10.1 Å². The number of ether oxygens (including phenoxy) is 1. The number of carbonyl (C=O) groups excluding carboxylic acids is 1. The summed E-state index contributed by atoms with van der Waals surface area (Å²) in [7, 11) is -0.00467. The smallest absolute Gasteiger partial charge is 0.406 e. The van der Waals surface area contributed by atoms with Crippen LogP contribution in [0.25, 0.3) is 0 Å². The number of benzene rings is 2. The molecule has 1 amide bonds. The maximum Gasteiger partial charge on any atom is 0.573 e. The third kappa shape index (κ3) is 7.18. The molecule has 2 aromatic carbocycles. The zero-order valence-electron chi connectivity index (χ0n) is 19.0. The molecule has 34 heavy (non-hydrogen) atoms. The molecule has 1 aliphatic heterocycles. The van der Waals surface area contributed by atoms with Crippen LogP contribution in [0, 0.1) is 5.92 Å². The molecule has 2 aromatic rings. The first-order chi connectivity index (χ1) is 15.9. The van der Waals surface area contributed by atoms with Crippen molar-refractivity contribution in [3.63, 3.8) is 0 Å². The monoisotopic (exact) mass is 499 g/mol. The lowest BCUT2D eigenvalue weighted by Gasteiger charge is -2.30. The lowest BCUT2D eigenvalue weighted by molar-refractivity contribution is -0.274. The molecule has 0 atom stereocenters. The van der Waals surface area contributed by atoms with Gasteiger partial charge in [0.15, 0.2) is 0 Å². The van der Waals surface area contributed by atoms with E-state index in [0.29, 0.717) is 18.5 Å². The van der Waals surface area contributed by atoms with Crippen molar-refractivity contribution in [1.82, 2.24) is 9.21 Å². The van der Waals surface area contributed by atoms with Crippen LogP contribution in [0.15, 0.2) is 53.4 Å². The number of piperidine rings is 1. The van der Waals surface area contributed by atoms with E-state index in [1.807, 2.05) is 38.4 Å². The Bertz CT molecular complexity index is 1080. The average Bonchev–Trinajstić information content (AvgIpc) is 2.77. The van der Waals surface area contributed by atoms with Crippen molar-refractivity contribution in [2.45, 2.75) is 30.5 Å². The Morgan fingerprint density at radius 2 is 1.76 bits per heavy atom. The van der Waals surface area contributed by atoms with Crippen molar-refractivity contribution in [2.24, 2.45) is 5.92 Å². The maximum atomic E-state index is 12.9. The summed E-state index contributed by atoms with van der Waals surface area (Å²) < 4.78 is 68.2. The lowest BCUT2D eigenvalue weighted by atomic mass is 9.97. The van der Waals surface area contributed by atoms with Crippen LogP contribution in [0.5, 0.6) is 5.75 Å². The molecule has 7 nitrogen and oxygen atoms in total. The molecule has 1 N–H and O–H groups in total. The number of nitrogens with one attached hydrogen (secondary N) is 1. The van der Waals surface area contributed by atoms with Gasteiger partial charge in [0.25, 0.3) is 0 Å². The van der Waals surface area contributed by atoms with Gasteiger partial charge in [-0.25, -0.2) is 8.42 Å². The molecular weight excluding hydrogens is 471 g/mol. The Labute approximate surface area is 197 Å². The summed E-state index contributed by atoms with van der Waals surface area (Å²) in [5.41, 5.74) is 1.84. The Hall–Kier alpha value is -2.63. The number of hydrogen-bond donors (Lipinski definition) is 1. The Kier molecular flexibility index (Phi) is 8.21. The van der Waals surface area contributed by atoms with Crippen LogP contribution in [0.3, 0.4) is 0 Å². The second-order valence-corrected chi connectivity index (χ2v) is 10.4. The van der Waals surface area contributed by atoms with Gasteiger partial charge >= 0.3 is 6.36 Å². The number of carbonyl (C=O) groups is 1. The average molecular weight is 500 g/mol. The summed E-state index contributed by atoms with van der Waals surface area (Å²) in [6.07, 6.45) is -3.39. The first-order valence-electron chi connectivity index (χ1n) is 10.8. The van der Waals surface area contributed by atoms with Crippen LogP contribution in [-0.2, 0) is 21.2 Å². The second kappa shape index (κ2) is 10.7. The van der Waals surface area contributed by atoms with Gasteiger partial charge in [0, 0.05) is 37.3 Å². The van der Waals surface area contributed by atoms with Crippen molar-refractivity contribution in [3.8, 4) is 5.75 Å². The normalized spacial score (nSPS) is 15.9. The van der Waals surface area contributed by atoms with Crippen LogP contribution in [0.1, 0.15) is 18.4 Å². The van der Waals surface area contributed by atoms with Crippen molar-refractivity contribution in [3.05, 3.63) is 54.1 Å². The molecule has 0 aromatic heterocycles. The van der Waals surface area contributed by atoms with E-state index in [-0.39, 0.29) is 29.8 Å². The van der Waals surface area contributed by atoms with Gasteiger partial charge in [0.1, 0.15) is 5.75 Å². The molecule has 1 saturated heterocycles. The fraction of sp³-hybridized carbons (Fsp3) is 0.435. The predicted octanol–water partition coefficient (Wildman–Crippen LogP) is 3.73. The Morgan fingerprint density at radius 3 is 2.35 bits per heavy atom. The van der Waals surface area contributed by atoms with Gasteiger partial charge in [-0.1, -0.05) is 18.2 Å². The summed E-state index contributed by atoms with van der Waals surface area (Å²) in [6, 6.07) is 11.9. The van der Waals surface area contributed by atoms with Gasteiger partial charge in [0.2, 0.25) is 15.9 Å². The van der Waals surface area contributed by atoms with E-state index in [9.17, 15) is 26.4 Å². The zero-order chi connectivity index (χ0) is 24.9. The maximum absolute atomic E-state index is 12.9. The molecule has 11 heteroatoms. The first kappa shape index (κ1) is 26.0. The SMILES string of the molecule is CN(C)CCc1ccc(NC(=O)C2CCN(S(=O)(=O)c3cccc(OC(F)(F)F)c3)CC2)cc1. The number of anilines is 1. The van der Waals surface area contributed by atoms with Gasteiger partial charge in [-0.2, -0.15) is 4.31 Å². The summed E-state index contributed by atoms with van der Waals surface area (Å²) in [6.45, 7) is 1.11. The van der Waals surface area contributed by atoms with Gasteiger partial charge in [-0.05, 0) is 63.2 Å². The molecule has 0 bridgehead atoms. The Morgan fingerprint density at radius 1 is 1.12 bits per heavy atom. The van der Waals surface area contributed by atoms with Gasteiger partial charge in [0.05, 0.1) is 4.90 Å². The highest BCUT2D eigenvalue weighted by Crippen LogP contribution is 2.29. The van der Waals surface area contributed by atoms with Gasteiger partial charge in [-0.15, -0.1) is 13.2 Å². The quantitative estimate of drug-likeness (QED) is 0.599. The number of nitrogens with zero attached hydrogens (tertiary/aromatic N) is 2. The number of hydrogen-bond acceptors (Lipinski definition) is 5. The molecular formula is C23H28F3N3O4S. The lowest BCUT2D eigenvalue weighted by Crippen LogP contribution is -2.41. The number of rotatable bonds is 8. The summed E-state index contributed by atoms with van der Waals surface area (Å²) in [5, 5.41) is 2.88. The molecule has 0 spiro atoms. The standard InChI is InChI=1S/C23H28F3N3O4S/c1-28(2)13-10-17-6-8-19(9-7-17)27-22(30)18-11-14-29(15-12-18)34(31,32)21-5-3-4-20(16-21)33-23(24,25)26/h3-9,16,18H,10-15H2,1-2H3,(H,27,30). The Balaban J connectivity index is 1.56. The number of amides is 1. The molecule has 0 saturated carbocycles. The topological polar surface area (TPSA) is 79.0 Å². The van der Waals surface area contributed by atoms with Crippen molar-refractivity contribution in [1.29, 1.82) is 0 Å². The van der Waals surface area contributed by atoms with E-state index in [0.717, 1.165) is 30.7 Å². The first-order valence-corrected chi connectivity index (χ1v) is 12.3. The minimum atomic E-state index is -4.92. The molecule has 0 radical (unpaired) electrons. The fourth-order valence-corrected chi connectivity index (χ4v) is 5.20. The second-order valence-electron chi connectivity index (χ2n) is 8.44. The van der Waals surface area contributed by atoms with E-state index >= 15 is 0 Å². The number of halogens is 3. The molecule has 0 unspecified atom stereocenters. The highest BCUT2D eigenvalue weighted by atomic mass is 32.2. The third-order valence-corrected chi connectivity index (χ3v) is 7.47. The molecule has 186 valence electrons. The molecule has 1 fully saturated rings. The van der Waals surface area contributed by atoms with Crippen molar-refractivity contribution in [2.75, 3.05) is 39.0 Å². The van der Waals surface area contributed by atoms with Crippen LogP contribution in [0.4, 0.5) is 18.9 Å². The summed E-state index contributed by atoms with van der Waals surface area (Å²) in [5.74, 6) is -1.14. The summed E-state index contributed by atoms with van der Waals surface area (Å²) in [4.78, 5) is 14.5. The number of alkyl halides is 3. The molecule has 0 aliphatic carbocycles. The molecule has 1 heterocycles. The van der Waals surface area contributed by atoms with Crippen LogP contribution in [0.2, 0.25) is 0 Å². The largest absolute Gasteiger partial charge is 0.573 e. The van der Waals surface area contributed by atoms with Gasteiger partial charge in [-0.3, -0.25) is 4.79 Å². The van der Waals surface area contributed by atoms with Gasteiger partial charge < -0.3 is 15.0 Å². The van der Waals surface area contributed by atoms with E-state index in [1.54, 1.807) is 0 Å². The minimum absolute atomic E-state index is 0.0915. The summed E-state index contributed by atoms with van der Waals surface area (Å²) >= 11 is 0. The van der Waals surface area contributed by atoms with E-state index in [4.69, 9.17) is 0 Å². The van der Waals surface area contributed by atoms with E-state index in [2.05, 4.69) is 15.0 Å². The molecule has 1 aliphatic rings. The van der Waals surface area contributed by atoms with Crippen molar-refractivity contribution >= 4 is 21.6 Å². The fourth-order valence-electron chi connectivity index (χ4n) is 3.69. The number of likely N-dealkylation sites (N-methyl/N-ethyl adjacent to an activating group) is 1. The van der Waals surface area contributed by atoms with Crippen LogP contribution in [-0.4, -0.2) is 63.6 Å². The third-order valence-electron chi connectivity index (χ3n) is 5.57. The van der Waals surface area contributed by atoms with Crippen molar-refractivity contribution < 1.29 is 31.1 Å². The predicted molar refractivity (Wildman–Crippen MR) is 122 cm³/mol.